The molecule has 1 aromatic carbocycles. The number of anilines is 1. The molecule has 19 heavy (non-hydrogen) atoms. The minimum absolute atomic E-state index is 0.174. The van der Waals surface area contributed by atoms with Crippen LogP contribution in [-0.2, 0) is 4.79 Å². The molecule has 1 aromatic heterocycles. The van der Waals surface area contributed by atoms with E-state index in [0.29, 0.717) is 11.8 Å². The van der Waals surface area contributed by atoms with E-state index in [1.165, 1.54) is 0 Å². The van der Waals surface area contributed by atoms with Crippen LogP contribution in [0.5, 0.6) is 0 Å². The summed E-state index contributed by atoms with van der Waals surface area (Å²) in [6, 6.07) is 10.3. The van der Waals surface area contributed by atoms with Crippen LogP contribution in [0, 0.1) is 5.92 Å². The highest BCUT2D eigenvalue weighted by molar-refractivity contribution is 5.56. The van der Waals surface area contributed by atoms with Crippen LogP contribution < -0.4 is 4.90 Å². The topological polar surface area (TPSA) is 59.2 Å². The number of carbonyl (C=O) groups excluding carboxylic acids is 1. The van der Waals surface area contributed by atoms with Gasteiger partial charge in [-0.2, -0.15) is 4.98 Å². The maximum atomic E-state index is 10.7. The Hall–Kier alpha value is -2.17. The monoisotopic (exact) mass is 257 g/mol. The number of hydrogen-bond acceptors (Lipinski definition) is 5. The molecule has 0 atom stereocenters. The number of aromatic nitrogens is 2. The lowest BCUT2D eigenvalue weighted by atomic mass is 9.99. The molecule has 1 aliphatic rings. The third-order valence-corrected chi connectivity index (χ3v) is 3.45. The van der Waals surface area contributed by atoms with Gasteiger partial charge in [-0.1, -0.05) is 35.5 Å². The summed E-state index contributed by atoms with van der Waals surface area (Å²) in [5, 5.41) is 4.00. The van der Waals surface area contributed by atoms with Crippen LogP contribution in [0.1, 0.15) is 12.8 Å². The van der Waals surface area contributed by atoms with Crippen molar-refractivity contribution in [2.45, 2.75) is 12.8 Å². The average molecular weight is 257 g/mol. The Labute approximate surface area is 111 Å². The van der Waals surface area contributed by atoms with Crippen LogP contribution >= 0.6 is 0 Å². The van der Waals surface area contributed by atoms with Gasteiger partial charge in [-0.15, -0.1) is 0 Å². The van der Waals surface area contributed by atoms with Gasteiger partial charge in [0.25, 0.3) is 0 Å². The average Bonchev–Trinajstić information content (AvgIpc) is 2.98. The Kier molecular flexibility index (Phi) is 3.27. The van der Waals surface area contributed by atoms with Crippen molar-refractivity contribution in [1.29, 1.82) is 0 Å². The van der Waals surface area contributed by atoms with Gasteiger partial charge in [0.1, 0.15) is 6.29 Å². The van der Waals surface area contributed by atoms with Gasteiger partial charge >= 0.3 is 6.01 Å². The fourth-order valence-electron chi connectivity index (χ4n) is 2.28. The second kappa shape index (κ2) is 5.22. The van der Waals surface area contributed by atoms with Crippen LogP contribution in [0.15, 0.2) is 34.9 Å². The zero-order chi connectivity index (χ0) is 13.1. The molecule has 0 radical (unpaired) electrons. The molecule has 98 valence electrons. The molecule has 2 aromatic rings. The van der Waals surface area contributed by atoms with Crippen molar-refractivity contribution >= 4 is 12.3 Å². The van der Waals surface area contributed by atoms with Crippen LogP contribution in [0.25, 0.3) is 11.4 Å². The second-order valence-electron chi connectivity index (χ2n) is 4.73. The summed E-state index contributed by atoms with van der Waals surface area (Å²) in [4.78, 5) is 17.2. The van der Waals surface area contributed by atoms with E-state index >= 15 is 0 Å². The first-order chi connectivity index (χ1) is 9.36. The zero-order valence-electron chi connectivity index (χ0n) is 10.5. The Morgan fingerprint density at radius 1 is 1.21 bits per heavy atom. The molecule has 0 saturated carbocycles. The highest BCUT2D eigenvalue weighted by Crippen LogP contribution is 2.23. The molecular weight excluding hydrogens is 242 g/mol. The normalized spacial score (nSPS) is 16.5. The molecule has 1 saturated heterocycles. The Morgan fingerprint density at radius 3 is 2.63 bits per heavy atom. The highest BCUT2D eigenvalue weighted by Gasteiger charge is 2.22. The summed E-state index contributed by atoms with van der Waals surface area (Å²) < 4.78 is 5.30. The predicted molar refractivity (Wildman–Crippen MR) is 70.7 cm³/mol. The molecule has 2 heterocycles. The molecule has 1 aliphatic heterocycles. The van der Waals surface area contributed by atoms with Gasteiger partial charge < -0.3 is 14.2 Å². The number of aldehydes is 1. The standard InChI is InChI=1S/C14H15N3O2/c18-10-11-6-8-17(9-7-11)14-15-13(16-19-14)12-4-2-1-3-5-12/h1-5,10-11H,6-9H2. The van der Waals surface area contributed by atoms with E-state index < -0.39 is 0 Å². The molecule has 1 fully saturated rings. The summed E-state index contributed by atoms with van der Waals surface area (Å²) in [6.07, 6.45) is 2.75. The van der Waals surface area contributed by atoms with Crippen molar-refractivity contribution in [2.24, 2.45) is 5.92 Å². The highest BCUT2D eigenvalue weighted by atomic mass is 16.5. The van der Waals surface area contributed by atoms with Crippen molar-refractivity contribution in [3.63, 3.8) is 0 Å². The number of rotatable bonds is 3. The summed E-state index contributed by atoms with van der Waals surface area (Å²) in [7, 11) is 0. The van der Waals surface area contributed by atoms with E-state index in [2.05, 4.69) is 10.1 Å². The molecule has 0 amide bonds. The van der Waals surface area contributed by atoms with Crippen molar-refractivity contribution in [3.05, 3.63) is 30.3 Å². The summed E-state index contributed by atoms with van der Waals surface area (Å²) >= 11 is 0. The van der Waals surface area contributed by atoms with Crippen molar-refractivity contribution in [2.75, 3.05) is 18.0 Å². The first kappa shape index (κ1) is 11.9. The molecule has 0 N–H and O–H groups in total. The number of hydrogen-bond donors (Lipinski definition) is 0. The lowest BCUT2D eigenvalue weighted by Gasteiger charge is -2.27. The van der Waals surface area contributed by atoms with Gasteiger partial charge in [0, 0.05) is 24.6 Å². The number of nitrogens with zero attached hydrogens (tertiary/aromatic N) is 3. The van der Waals surface area contributed by atoms with Crippen molar-refractivity contribution in [1.82, 2.24) is 10.1 Å². The molecular formula is C14H15N3O2. The molecule has 0 aliphatic carbocycles. The van der Waals surface area contributed by atoms with Crippen molar-refractivity contribution < 1.29 is 9.32 Å². The lowest BCUT2D eigenvalue weighted by molar-refractivity contribution is -0.111. The summed E-state index contributed by atoms with van der Waals surface area (Å²) in [5.74, 6) is 0.779. The van der Waals surface area contributed by atoms with Gasteiger partial charge in [0.15, 0.2) is 0 Å². The van der Waals surface area contributed by atoms with Crippen LogP contribution in [-0.4, -0.2) is 29.5 Å². The van der Waals surface area contributed by atoms with Gasteiger partial charge in [-0.3, -0.25) is 0 Å². The predicted octanol–water partition coefficient (Wildman–Crippen LogP) is 2.15. The van der Waals surface area contributed by atoms with Crippen LogP contribution in [0.4, 0.5) is 6.01 Å². The molecule has 3 rings (SSSR count). The Balaban J connectivity index is 1.74. The van der Waals surface area contributed by atoms with Gasteiger partial charge in [0.05, 0.1) is 0 Å². The van der Waals surface area contributed by atoms with E-state index in [1.54, 1.807) is 0 Å². The quantitative estimate of drug-likeness (QED) is 0.788. The number of carbonyl (C=O) groups is 1. The van der Waals surface area contributed by atoms with E-state index in [-0.39, 0.29) is 5.92 Å². The molecule has 0 spiro atoms. The first-order valence-electron chi connectivity index (χ1n) is 6.46. The minimum atomic E-state index is 0.174. The second-order valence-corrected chi connectivity index (χ2v) is 4.73. The minimum Gasteiger partial charge on any atom is -0.324 e. The molecule has 0 bridgehead atoms. The van der Waals surface area contributed by atoms with E-state index in [4.69, 9.17) is 4.52 Å². The number of benzene rings is 1. The maximum absolute atomic E-state index is 10.7. The SMILES string of the molecule is O=CC1CCN(c2nc(-c3ccccc3)no2)CC1. The third-order valence-electron chi connectivity index (χ3n) is 3.45. The van der Waals surface area contributed by atoms with Gasteiger partial charge in [-0.05, 0) is 12.8 Å². The Morgan fingerprint density at radius 2 is 1.95 bits per heavy atom. The van der Waals surface area contributed by atoms with E-state index in [0.717, 1.165) is 37.8 Å². The van der Waals surface area contributed by atoms with E-state index in [1.807, 2.05) is 35.2 Å². The summed E-state index contributed by atoms with van der Waals surface area (Å²) in [6.45, 7) is 1.58. The fraction of sp³-hybridized carbons (Fsp3) is 0.357. The third kappa shape index (κ3) is 2.50. The molecule has 5 heteroatoms. The lowest BCUT2D eigenvalue weighted by Crippen LogP contribution is -2.34. The largest absolute Gasteiger partial charge is 0.324 e. The Bertz CT molecular complexity index is 545. The smallest absolute Gasteiger partial charge is 0.324 e. The maximum Gasteiger partial charge on any atom is 0.324 e. The van der Waals surface area contributed by atoms with Crippen LogP contribution in [0.3, 0.4) is 0 Å². The number of piperidine rings is 1. The van der Waals surface area contributed by atoms with Gasteiger partial charge in [0.2, 0.25) is 5.82 Å². The van der Waals surface area contributed by atoms with E-state index in [9.17, 15) is 4.79 Å². The first-order valence-corrected chi connectivity index (χ1v) is 6.46. The fourth-order valence-corrected chi connectivity index (χ4v) is 2.28. The van der Waals surface area contributed by atoms with Gasteiger partial charge in [-0.25, -0.2) is 0 Å². The van der Waals surface area contributed by atoms with Crippen molar-refractivity contribution in [3.8, 4) is 11.4 Å². The molecule has 5 nitrogen and oxygen atoms in total. The summed E-state index contributed by atoms with van der Waals surface area (Å²) in [5.41, 5.74) is 0.945. The zero-order valence-corrected chi connectivity index (χ0v) is 10.5. The molecule has 0 unspecified atom stereocenters. The van der Waals surface area contributed by atoms with Crippen LogP contribution in [0.2, 0.25) is 0 Å².